The standard InChI is InChI=1S/C22H18ClN5O/c23-17-12-18-21(28-22(29)26-18)27-19(17)15-6-2-13(3-7-15)14-4-8-16(9-5-14)20-24-10-1-11-25-20/h2-9,12H,1,10-11H2,(H,24,25)(H2,26,27,28,29). The van der Waals surface area contributed by atoms with E-state index in [1.165, 1.54) is 0 Å². The van der Waals surface area contributed by atoms with E-state index in [4.69, 9.17) is 11.6 Å². The molecule has 0 saturated carbocycles. The Labute approximate surface area is 171 Å². The minimum absolute atomic E-state index is 0.297. The van der Waals surface area contributed by atoms with Crippen molar-refractivity contribution in [3.05, 3.63) is 75.7 Å². The minimum atomic E-state index is -0.297. The fraction of sp³-hybridized carbons (Fsp3) is 0.136. The predicted molar refractivity (Wildman–Crippen MR) is 117 cm³/mol. The lowest BCUT2D eigenvalue weighted by Crippen LogP contribution is -2.30. The van der Waals surface area contributed by atoms with Gasteiger partial charge in [-0.15, -0.1) is 0 Å². The van der Waals surface area contributed by atoms with E-state index in [0.29, 0.717) is 21.9 Å². The van der Waals surface area contributed by atoms with Crippen LogP contribution < -0.4 is 11.0 Å². The minimum Gasteiger partial charge on any atom is -0.370 e. The second-order valence-corrected chi connectivity index (χ2v) is 7.37. The summed E-state index contributed by atoms with van der Waals surface area (Å²) in [5.41, 5.74) is 5.65. The number of nitrogens with one attached hydrogen (secondary N) is 3. The number of aromatic nitrogens is 3. The number of amidine groups is 1. The summed E-state index contributed by atoms with van der Waals surface area (Å²) >= 11 is 6.38. The van der Waals surface area contributed by atoms with Crippen LogP contribution in [0.2, 0.25) is 5.02 Å². The molecular weight excluding hydrogens is 386 g/mol. The first-order chi connectivity index (χ1) is 14.2. The Bertz CT molecular complexity index is 1270. The molecular formula is C22H18ClN5O. The Hall–Kier alpha value is -3.38. The molecule has 3 heterocycles. The van der Waals surface area contributed by atoms with Crippen molar-refractivity contribution in [1.82, 2.24) is 20.3 Å². The van der Waals surface area contributed by atoms with Gasteiger partial charge >= 0.3 is 5.69 Å². The van der Waals surface area contributed by atoms with E-state index in [2.05, 4.69) is 49.5 Å². The molecule has 2 aromatic heterocycles. The highest BCUT2D eigenvalue weighted by Gasteiger charge is 2.11. The molecule has 0 aliphatic carbocycles. The molecule has 0 unspecified atom stereocenters. The van der Waals surface area contributed by atoms with Crippen molar-refractivity contribution < 1.29 is 0 Å². The molecule has 1 aliphatic heterocycles. The molecule has 7 heteroatoms. The van der Waals surface area contributed by atoms with Crippen LogP contribution in [0.25, 0.3) is 33.5 Å². The number of hydrogen-bond donors (Lipinski definition) is 3. The zero-order valence-corrected chi connectivity index (χ0v) is 16.3. The summed E-state index contributed by atoms with van der Waals surface area (Å²) in [5.74, 6) is 0.969. The SMILES string of the molecule is O=c1[nH]c2cc(Cl)c(-c3ccc(-c4ccc(C5=NCCCN5)cc4)cc3)nc2[nH]1. The van der Waals surface area contributed by atoms with E-state index in [1.807, 2.05) is 24.3 Å². The number of nitrogens with zero attached hydrogens (tertiary/aromatic N) is 2. The maximum atomic E-state index is 11.5. The zero-order valence-electron chi connectivity index (χ0n) is 15.5. The van der Waals surface area contributed by atoms with Crippen LogP contribution in [0.3, 0.4) is 0 Å². The maximum absolute atomic E-state index is 11.5. The van der Waals surface area contributed by atoms with E-state index in [0.717, 1.165) is 47.6 Å². The third kappa shape index (κ3) is 3.43. The molecule has 0 fully saturated rings. The topological polar surface area (TPSA) is 85.9 Å². The molecule has 0 bridgehead atoms. The van der Waals surface area contributed by atoms with Gasteiger partial charge in [0.2, 0.25) is 0 Å². The van der Waals surface area contributed by atoms with E-state index < -0.39 is 0 Å². The van der Waals surface area contributed by atoms with E-state index in [-0.39, 0.29) is 5.69 Å². The molecule has 0 radical (unpaired) electrons. The largest absolute Gasteiger partial charge is 0.370 e. The van der Waals surface area contributed by atoms with E-state index in [1.54, 1.807) is 6.07 Å². The van der Waals surface area contributed by atoms with Crippen molar-refractivity contribution in [3.63, 3.8) is 0 Å². The number of pyridine rings is 1. The monoisotopic (exact) mass is 403 g/mol. The van der Waals surface area contributed by atoms with Crippen molar-refractivity contribution in [2.75, 3.05) is 13.1 Å². The van der Waals surface area contributed by atoms with Crippen LogP contribution >= 0.6 is 11.6 Å². The number of halogens is 1. The van der Waals surface area contributed by atoms with E-state index >= 15 is 0 Å². The lowest BCUT2D eigenvalue weighted by Gasteiger charge is -2.15. The highest BCUT2D eigenvalue weighted by molar-refractivity contribution is 6.33. The van der Waals surface area contributed by atoms with Gasteiger partial charge in [0, 0.05) is 24.2 Å². The molecule has 3 N–H and O–H groups in total. The third-order valence-electron chi connectivity index (χ3n) is 5.00. The fourth-order valence-electron chi connectivity index (χ4n) is 3.51. The van der Waals surface area contributed by atoms with Gasteiger partial charge in [-0.25, -0.2) is 9.78 Å². The number of H-pyrrole nitrogens is 2. The average molecular weight is 404 g/mol. The Kier molecular flexibility index (Phi) is 4.41. The molecule has 0 atom stereocenters. The molecule has 0 spiro atoms. The summed E-state index contributed by atoms with van der Waals surface area (Å²) < 4.78 is 0. The predicted octanol–water partition coefficient (Wildman–Crippen LogP) is 3.98. The van der Waals surface area contributed by atoms with Gasteiger partial charge in [0.1, 0.15) is 5.84 Å². The summed E-state index contributed by atoms with van der Waals surface area (Å²) in [4.78, 5) is 25.8. The zero-order chi connectivity index (χ0) is 19.8. The van der Waals surface area contributed by atoms with Crippen LogP contribution in [-0.4, -0.2) is 33.9 Å². The number of benzene rings is 2. The van der Waals surface area contributed by atoms with E-state index in [9.17, 15) is 4.79 Å². The van der Waals surface area contributed by atoms with Gasteiger partial charge in [0.25, 0.3) is 0 Å². The Morgan fingerprint density at radius 1 is 0.862 bits per heavy atom. The maximum Gasteiger partial charge on any atom is 0.325 e. The third-order valence-corrected chi connectivity index (χ3v) is 5.29. The summed E-state index contributed by atoms with van der Waals surface area (Å²) in [6.07, 6.45) is 1.08. The van der Waals surface area contributed by atoms with Crippen molar-refractivity contribution in [2.45, 2.75) is 6.42 Å². The number of rotatable bonds is 3. The quantitative estimate of drug-likeness (QED) is 0.483. The van der Waals surface area contributed by atoms with Crippen LogP contribution in [0.5, 0.6) is 0 Å². The molecule has 0 saturated heterocycles. The van der Waals surface area contributed by atoms with Crippen LogP contribution in [0.1, 0.15) is 12.0 Å². The number of aliphatic imine (C=N–C) groups is 1. The van der Waals surface area contributed by atoms with Crippen molar-refractivity contribution in [1.29, 1.82) is 0 Å². The van der Waals surface area contributed by atoms with Crippen molar-refractivity contribution >= 4 is 28.6 Å². The molecule has 0 amide bonds. The molecule has 4 aromatic rings. The fourth-order valence-corrected chi connectivity index (χ4v) is 3.77. The highest BCUT2D eigenvalue weighted by Crippen LogP contribution is 2.30. The van der Waals surface area contributed by atoms with Gasteiger partial charge < -0.3 is 10.3 Å². The summed E-state index contributed by atoms with van der Waals surface area (Å²) in [6.45, 7) is 1.85. The average Bonchev–Trinajstić information content (AvgIpc) is 3.13. The molecule has 144 valence electrons. The molecule has 1 aliphatic rings. The van der Waals surface area contributed by atoms with Gasteiger partial charge in [-0.3, -0.25) is 9.98 Å². The van der Waals surface area contributed by atoms with Crippen LogP contribution in [-0.2, 0) is 0 Å². The Balaban J connectivity index is 1.43. The molecule has 29 heavy (non-hydrogen) atoms. The summed E-state index contributed by atoms with van der Waals surface area (Å²) in [7, 11) is 0. The summed E-state index contributed by atoms with van der Waals surface area (Å²) in [6, 6.07) is 18.2. The van der Waals surface area contributed by atoms with Gasteiger partial charge in [0.05, 0.1) is 16.2 Å². The van der Waals surface area contributed by atoms with Crippen molar-refractivity contribution in [2.24, 2.45) is 4.99 Å². The number of aromatic amines is 2. The second-order valence-electron chi connectivity index (χ2n) is 6.96. The smallest absolute Gasteiger partial charge is 0.325 e. The van der Waals surface area contributed by atoms with Crippen molar-refractivity contribution in [3.8, 4) is 22.4 Å². The first kappa shape index (κ1) is 17.7. The van der Waals surface area contributed by atoms with Gasteiger partial charge in [-0.2, -0.15) is 0 Å². The molecule has 2 aromatic carbocycles. The lowest BCUT2D eigenvalue weighted by atomic mass is 10.0. The number of imidazole rings is 1. The van der Waals surface area contributed by atoms with Gasteiger partial charge in [0.15, 0.2) is 5.65 Å². The second kappa shape index (κ2) is 7.22. The number of hydrogen-bond acceptors (Lipinski definition) is 4. The molecule has 6 nitrogen and oxygen atoms in total. The first-order valence-corrected chi connectivity index (χ1v) is 9.83. The summed E-state index contributed by atoms with van der Waals surface area (Å²) in [5, 5.41) is 3.84. The molecule has 5 rings (SSSR count). The Morgan fingerprint density at radius 3 is 2.17 bits per heavy atom. The highest BCUT2D eigenvalue weighted by atomic mass is 35.5. The van der Waals surface area contributed by atoms with Crippen LogP contribution in [0.15, 0.2) is 64.4 Å². The van der Waals surface area contributed by atoms with Crippen LogP contribution in [0, 0.1) is 0 Å². The first-order valence-electron chi connectivity index (χ1n) is 9.45. The van der Waals surface area contributed by atoms with Crippen LogP contribution in [0.4, 0.5) is 0 Å². The van der Waals surface area contributed by atoms with Gasteiger partial charge in [-0.05, 0) is 23.6 Å². The normalized spacial score (nSPS) is 13.9. The van der Waals surface area contributed by atoms with Gasteiger partial charge in [-0.1, -0.05) is 60.1 Å². The Morgan fingerprint density at radius 2 is 1.52 bits per heavy atom. The lowest BCUT2D eigenvalue weighted by molar-refractivity contribution is 0.742. The number of fused-ring (bicyclic) bond motifs is 1.